The summed E-state index contributed by atoms with van der Waals surface area (Å²) >= 11 is 0. The Labute approximate surface area is 192 Å². The number of pyridine rings is 1. The number of carbonyl (C=O) groups excluding carboxylic acids is 1. The third-order valence-corrected chi connectivity index (χ3v) is 7.25. The van der Waals surface area contributed by atoms with Gasteiger partial charge in [0.25, 0.3) is 0 Å². The first kappa shape index (κ1) is 23.0. The van der Waals surface area contributed by atoms with Crippen molar-refractivity contribution in [3.8, 4) is 0 Å². The number of sulfonamides is 1. The Morgan fingerprint density at radius 2 is 1.79 bits per heavy atom. The summed E-state index contributed by atoms with van der Waals surface area (Å²) in [6.45, 7) is 1.59. The Morgan fingerprint density at radius 3 is 2.48 bits per heavy atom. The molecule has 2 aromatic carbocycles. The summed E-state index contributed by atoms with van der Waals surface area (Å²) in [5.74, 6) is 0.00608. The molecule has 9 heteroatoms. The number of hydrogen-bond donors (Lipinski definition) is 0. The van der Waals surface area contributed by atoms with Crippen LogP contribution >= 0.6 is 0 Å². The van der Waals surface area contributed by atoms with E-state index in [0.29, 0.717) is 31.1 Å². The predicted octanol–water partition coefficient (Wildman–Crippen LogP) is 3.13. The summed E-state index contributed by atoms with van der Waals surface area (Å²) in [5, 5.41) is 0. The molecule has 0 aliphatic carbocycles. The van der Waals surface area contributed by atoms with E-state index in [2.05, 4.69) is 4.98 Å². The third kappa shape index (κ3) is 5.62. The molecule has 0 saturated carbocycles. The van der Waals surface area contributed by atoms with E-state index >= 15 is 0 Å². The monoisotopic (exact) mass is 469 g/mol. The number of ketones is 1. The van der Waals surface area contributed by atoms with Gasteiger partial charge in [-0.3, -0.25) is 4.79 Å². The van der Waals surface area contributed by atoms with Crippen molar-refractivity contribution >= 4 is 21.6 Å². The molecule has 1 fully saturated rings. The van der Waals surface area contributed by atoms with Gasteiger partial charge in [0.1, 0.15) is 11.6 Å². The lowest BCUT2D eigenvalue weighted by molar-refractivity contribution is 0.0730. The van der Waals surface area contributed by atoms with Gasteiger partial charge in [-0.1, -0.05) is 30.3 Å². The van der Waals surface area contributed by atoms with E-state index in [1.807, 2.05) is 6.07 Å². The summed E-state index contributed by atoms with van der Waals surface area (Å²) in [4.78, 5) is 19.4. The van der Waals surface area contributed by atoms with E-state index in [1.54, 1.807) is 47.5 Å². The van der Waals surface area contributed by atoms with Gasteiger partial charge in [0.2, 0.25) is 10.0 Å². The maximum Gasteiger partial charge on any atom is 0.243 e. The molecule has 0 amide bonds. The number of halogens is 1. The second-order valence-corrected chi connectivity index (χ2v) is 9.58. The van der Waals surface area contributed by atoms with Gasteiger partial charge < -0.3 is 9.64 Å². The number of anilines is 1. The normalized spacial score (nSPS) is 14.7. The fourth-order valence-electron chi connectivity index (χ4n) is 3.60. The molecule has 1 aliphatic heterocycles. The molecule has 1 saturated heterocycles. The molecule has 3 aromatic rings. The number of ether oxygens (including phenoxy) is 1. The van der Waals surface area contributed by atoms with Crippen molar-refractivity contribution in [1.29, 1.82) is 0 Å². The van der Waals surface area contributed by atoms with Gasteiger partial charge in [-0.2, -0.15) is 4.31 Å². The van der Waals surface area contributed by atoms with Crippen LogP contribution in [0.4, 0.5) is 10.2 Å². The molecule has 0 bridgehead atoms. The number of aromatic nitrogens is 1. The molecular formula is C24H24FN3O4S. The molecule has 0 unspecified atom stereocenters. The van der Waals surface area contributed by atoms with Crippen molar-refractivity contribution in [3.05, 3.63) is 89.9 Å². The summed E-state index contributed by atoms with van der Waals surface area (Å²) in [5.41, 5.74) is 1.11. The van der Waals surface area contributed by atoms with Crippen molar-refractivity contribution < 1.29 is 22.3 Å². The lowest BCUT2D eigenvalue weighted by atomic mass is 10.1. The molecule has 0 N–H and O–H groups in total. The van der Waals surface area contributed by atoms with Crippen molar-refractivity contribution in [3.63, 3.8) is 0 Å². The van der Waals surface area contributed by atoms with Gasteiger partial charge >= 0.3 is 0 Å². The van der Waals surface area contributed by atoms with Crippen LogP contribution in [-0.4, -0.2) is 56.3 Å². The zero-order valence-electron chi connectivity index (χ0n) is 17.9. The fraction of sp³-hybridized carbons (Fsp3) is 0.250. The number of benzene rings is 2. The Balaban J connectivity index is 1.56. The van der Waals surface area contributed by atoms with Gasteiger partial charge in [-0.05, 0) is 42.0 Å². The van der Waals surface area contributed by atoms with E-state index in [-0.39, 0.29) is 36.1 Å². The number of rotatable bonds is 8. The average molecular weight is 470 g/mol. The van der Waals surface area contributed by atoms with Gasteiger partial charge in [-0.15, -0.1) is 0 Å². The minimum Gasteiger partial charge on any atom is -0.379 e. The predicted molar refractivity (Wildman–Crippen MR) is 122 cm³/mol. The van der Waals surface area contributed by atoms with Crippen molar-refractivity contribution in [2.75, 3.05) is 37.7 Å². The number of morpholine rings is 1. The maximum absolute atomic E-state index is 13.3. The van der Waals surface area contributed by atoms with Crippen LogP contribution in [0.25, 0.3) is 0 Å². The molecule has 172 valence electrons. The van der Waals surface area contributed by atoms with E-state index in [4.69, 9.17) is 4.74 Å². The first-order valence-electron chi connectivity index (χ1n) is 10.5. The molecule has 33 heavy (non-hydrogen) atoms. The summed E-state index contributed by atoms with van der Waals surface area (Å²) in [7, 11) is -3.71. The summed E-state index contributed by atoms with van der Waals surface area (Å²) in [6.07, 6.45) is 1.63. The maximum atomic E-state index is 13.3. The SMILES string of the molecule is O=C(CN(Cc1ccc(F)cc1)c1ccccn1)c1cccc(S(=O)(=O)N2CCOCC2)c1. The number of Topliss-reactive ketones (excluding diaryl/α,β-unsaturated/α-hetero) is 1. The van der Waals surface area contributed by atoms with Crippen LogP contribution < -0.4 is 4.90 Å². The van der Waals surface area contributed by atoms with Gasteiger partial charge in [0.15, 0.2) is 5.78 Å². The zero-order valence-corrected chi connectivity index (χ0v) is 18.7. The van der Waals surface area contributed by atoms with Gasteiger partial charge in [0.05, 0.1) is 24.7 Å². The van der Waals surface area contributed by atoms with Crippen molar-refractivity contribution in [2.24, 2.45) is 0 Å². The highest BCUT2D eigenvalue weighted by Crippen LogP contribution is 2.20. The van der Waals surface area contributed by atoms with Gasteiger partial charge in [0, 0.05) is 31.4 Å². The minimum absolute atomic E-state index is 0.0184. The average Bonchev–Trinajstić information content (AvgIpc) is 2.86. The third-order valence-electron chi connectivity index (χ3n) is 5.36. The molecular weight excluding hydrogens is 445 g/mol. The number of nitrogens with zero attached hydrogens (tertiary/aromatic N) is 3. The van der Waals surface area contributed by atoms with Crippen LogP contribution in [0.2, 0.25) is 0 Å². The summed E-state index contributed by atoms with van der Waals surface area (Å²) < 4.78 is 45.9. The van der Waals surface area contributed by atoms with Gasteiger partial charge in [-0.25, -0.2) is 17.8 Å². The molecule has 0 spiro atoms. The number of carbonyl (C=O) groups is 1. The zero-order chi connectivity index (χ0) is 23.3. The molecule has 1 aliphatic rings. The highest BCUT2D eigenvalue weighted by atomic mass is 32.2. The standard InChI is InChI=1S/C24H24FN3O4S/c25-21-9-7-19(8-10-21)17-27(24-6-1-2-11-26-24)18-23(29)20-4-3-5-22(16-20)33(30,31)28-12-14-32-15-13-28/h1-11,16H,12-15,17-18H2. The van der Waals surface area contributed by atoms with E-state index in [0.717, 1.165) is 5.56 Å². The van der Waals surface area contributed by atoms with E-state index in [9.17, 15) is 17.6 Å². The summed E-state index contributed by atoms with van der Waals surface area (Å²) in [6, 6.07) is 17.5. The first-order chi connectivity index (χ1) is 15.9. The smallest absolute Gasteiger partial charge is 0.243 e. The largest absolute Gasteiger partial charge is 0.379 e. The fourth-order valence-corrected chi connectivity index (χ4v) is 5.05. The topological polar surface area (TPSA) is 79.8 Å². The van der Waals surface area contributed by atoms with E-state index in [1.165, 1.54) is 28.6 Å². The lowest BCUT2D eigenvalue weighted by Crippen LogP contribution is -2.40. The second-order valence-electron chi connectivity index (χ2n) is 7.64. The molecule has 1 aromatic heterocycles. The second kappa shape index (κ2) is 10.2. The Morgan fingerprint density at radius 1 is 1.03 bits per heavy atom. The van der Waals surface area contributed by atoms with E-state index < -0.39 is 10.0 Å². The Kier molecular flexibility index (Phi) is 7.12. The highest BCUT2D eigenvalue weighted by Gasteiger charge is 2.27. The minimum atomic E-state index is -3.71. The molecule has 0 atom stereocenters. The van der Waals surface area contributed by atoms with Crippen LogP contribution in [0.15, 0.2) is 77.8 Å². The molecule has 4 rings (SSSR count). The van der Waals surface area contributed by atoms with Crippen molar-refractivity contribution in [2.45, 2.75) is 11.4 Å². The van der Waals surface area contributed by atoms with Crippen LogP contribution in [0.3, 0.4) is 0 Å². The Bertz CT molecular complexity index is 1200. The van der Waals surface area contributed by atoms with Crippen LogP contribution in [0, 0.1) is 5.82 Å². The molecule has 7 nitrogen and oxygen atoms in total. The number of hydrogen-bond acceptors (Lipinski definition) is 6. The van der Waals surface area contributed by atoms with Crippen LogP contribution in [-0.2, 0) is 21.3 Å². The van der Waals surface area contributed by atoms with Crippen LogP contribution in [0.1, 0.15) is 15.9 Å². The molecule has 0 radical (unpaired) electrons. The molecule has 2 heterocycles. The van der Waals surface area contributed by atoms with Crippen molar-refractivity contribution in [1.82, 2.24) is 9.29 Å². The lowest BCUT2D eigenvalue weighted by Gasteiger charge is -2.26. The highest BCUT2D eigenvalue weighted by molar-refractivity contribution is 7.89. The Hall–Kier alpha value is -3.14. The quantitative estimate of drug-likeness (QED) is 0.472. The first-order valence-corrected chi connectivity index (χ1v) is 12.0. The van der Waals surface area contributed by atoms with Crippen LogP contribution in [0.5, 0.6) is 0 Å².